The molecule has 0 saturated carbocycles. The van der Waals surface area contributed by atoms with E-state index in [2.05, 4.69) is 26.0 Å². The van der Waals surface area contributed by atoms with Crippen molar-refractivity contribution in [1.29, 1.82) is 0 Å². The van der Waals surface area contributed by atoms with Crippen molar-refractivity contribution in [3.8, 4) is 5.75 Å². The van der Waals surface area contributed by atoms with Crippen LogP contribution in [0.1, 0.15) is 25.3 Å². The predicted molar refractivity (Wildman–Crippen MR) is 73.4 cm³/mol. The Morgan fingerprint density at radius 1 is 1.42 bits per heavy atom. The molecule has 0 spiro atoms. The highest BCUT2D eigenvalue weighted by Gasteiger charge is 2.09. The van der Waals surface area contributed by atoms with E-state index in [1.54, 1.807) is 19.1 Å². The molecule has 19 heavy (non-hydrogen) atoms. The molecule has 0 aliphatic carbocycles. The molecule has 0 bridgehead atoms. The van der Waals surface area contributed by atoms with Crippen LogP contribution in [-0.2, 0) is 6.54 Å². The molecule has 1 aromatic carbocycles. The number of hydrogen-bond acceptors (Lipinski definition) is 3. The summed E-state index contributed by atoms with van der Waals surface area (Å²) in [5, 5.41) is 12.3. The Bertz CT molecular complexity index is 389. The van der Waals surface area contributed by atoms with Gasteiger partial charge in [-0.1, -0.05) is 15.9 Å². The van der Waals surface area contributed by atoms with E-state index in [-0.39, 0.29) is 11.9 Å². The predicted octanol–water partition coefficient (Wildman–Crippen LogP) is 3.30. The molecule has 0 aliphatic rings. The maximum atomic E-state index is 12.3. The first-order valence-corrected chi connectivity index (χ1v) is 6.90. The number of benzene rings is 1. The average Bonchev–Trinajstić information content (AvgIpc) is 2.31. The third-order valence-electron chi connectivity index (χ3n) is 2.53. The minimum atomic E-state index is -2.82. The van der Waals surface area contributed by atoms with Crippen LogP contribution in [0, 0.1) is 0 Å². The lowest BCUT2D eigenvalue weighted by Gasteiger charge is -2.12. The van der Waals surface area contributed by atoms with E-state index in [9.17, 15) is 8.78 Å². The third-order valence-corrected chi connectivity index (χ3v) is 3.02. The van der Waals surface area contributed by atoms with Gasteiger partial charge in [0, 0.05) is 16.6 Å². The number of rotatable bonds is 8. The summed E-state index contributed by atoms with van der Waals surface area (Å²) in [4.78, 5) is 0. The van der Waals surface area contributed by atoms with E-state index in [0.29, 0.717) is 25.1 Å². The molecule has 0 aromatic heterocycles. The van der Waals surface area contributed by atoms with Crippen molar-refractivity contribution in [3.63, 3.8) is 0 Å². The van der Waals surface area contributed by atoms with Gasteiger partial charge in [-0.3, -0.25) is 0 Å². The van der Waals surface area contributed by atoms with Gasteiger partial charge in [0.1, 0.15) is 5.75 Å². The van der Waals surface area contributed by atoms with E-state index in [4.69, 9.17) is 5.11 Å². The van der Waals surface area contributed by atoms with Crippen LogP contribution in [0.3, 0.4) is 0 Å². The second-order valence-corrected chi connectivity index (χ2v) is 5.21. The quantitative estimate of drug-likeness (QED) is 0.715. The minimum Gasteiger partial charge on any atom is -0.434 e. The van der Waals surface area contributed by atoms with E-state index in [1.165, 1.54) is 6.07 Å². The van der Waals surface area contributed by atoms with Crippen LogP contribution in [0.15, 0.2) is 22.7 Å². The van der Waals surface area contributed by atoms with Crippen molar-refractivity contribution in [2.45, 2.75) is 39.0 Å². The molecular weight excluding hydrogens is 320 g/mol. The molecule has 0 amide bonds. The molecule has 2 N–H and O–H groups in total. The lowest BCUT2D eigenvalue weighted by molar-refractivity contribution is -0.0505. The fraction of sp³-hybridized carbons (Fsp3) is 0.538. The normalized spacial score (nSPS) is 12.7. The number of ether oxygens (including phenoxy) is 1. The summed E-state index contributed by atoms with van der Waals surface area (Å²) in [6.07, 6.45) is 1.23. The van der Waals surface area contributed by atoms with Crippen LogP contribution in [0.25, 0.3) is 0 Å². The first-order chi connectivity index (χ1) is 8.99. The molecule has 1 atom stereocenters. The van der Waals surface area contributed by atoms with Gasteiger partial charge in [0.05, 0.1) is 6.10 Å². The van der Waals surface area contributed by atoms with E-state index < -0.39 is 6.61 Å². The van der Waals surface area contributed by atoms with Crippen molar-refractivity contribution < 1.29 is 18.6 Å². The zero-order valence-electron chi connectivity index (χ0n) is 10.7. The monoisotopic (exact) mass is 337 g/mol. The summed E-state index contributed by atoms with van der Waals surface area (Å²) < 4.78 is 29.8. The van der Waals surface area contributed by atoms with Crippen molar-refractivity contribution in [3.05, 3.63) is 28.2 Å². The van der Waals surface area contributed by atoms with Crippen LogP contribution >= 0.6 is 15.9 Å². The SMILES string of the molecule is CC(O)CCCNCc1cc(Br)ccc1OC(F)F. The molecule has 3 nitrogen and oxygen atoms in total. The smallest absolute Gasteiger partial charge is 0.387 e. The molecule has 0 saturated heterocycles. The Morgan fingerprint density at radius 3 is 2.79 bits per heavy atom. The third kappa shape index (κ3) is 6.84. The average molecular weight is 338 g/mol. The molecular formula is C13H18BrF2NO2. The maximum absolute atomic E-state index is 12.3. The number of halogens is 3. The summed E-state index contributed by atoms with van der Waals surface area (Å²) in [6.45, 7) is 0.0746. The highest BCUT2D eigenvalue weighted by Crippen LogP contribution is 2.24. The van der Waals surface area contributed by atoms with Gasteiger partial charge in [0.15, 0.2) is 0 Å². The van der Waals surface area contributed by atoms with Crippen LogP contribution in [-0.4, -0.2) is 24.4 Å². The molecule has 108 valence electrons. The number of aliphatic hydroxyl groups is 1. The number of aliphatic hydroxyl groups excluding tert-OH is 1. The zero-order chi connectivity index (χ0) is 14.3. The Kier molecular flexibility index (Phi) is 7.27. The van der Waals surface area contributed by atoms with Crippen LogP contribution < -0.4 is 10.1 Å². The van der Waals surface area contributed by atoms with Gasteiger partial charge in [-0.05, 0) is 44.5 Å². The molecule has 0 fully saturated rings. The van der Waals surface area contributed by atoms with Gasteiger partial charge in [0.25, 0.3) is 0 Å². The summed E-state index contributed by atoms with van der Waals surface area (Å²) in [5.74, 6) is 0.182. The zero-order valence-corrected chi connectivity index (χ0v) is 12.3. The fourth-order valence-electron chi connectivity index (χ4n) is 1.64. The van der Waals surface area contributed by atoms with E-state index in [1.807, 2.05) is 0 Å². The number of hydrogen-bond donors (Lipinski definition) is 2. The van der Waals surface area contributed by atoms with Crippen molar-refractivity contribution >= 4 is 15.9 Å². The first kappa shape index (κ1) is 16.3. The summed E-state index contributed by atoms with van der Waals surface area (Å²) in [7, 11) is 0. The maximum Gasteiger partial charge on any atom is 0.387 e. The Morgan fingerprint density at radius 2 is 2.16 bits per heavy atom. The molecule has 1 rings (SSSR count). The van der Waals surface area contributed by atoms with Crippen molar-refractivity contribution in [2.75, 3.05) is 6.54 Å². The number of alkyl halides is 2. The van der Waals surface area contributed by atoms with E-state index in [0.717, 1.165) is 10.9 Å². The molecule has 6 heteroatoms. The van der Waals surface area contributed by atoms with Crippen LogP contribution in [0.4, 0.5) is 8.78 Å². The molecule has 0 aliphatic heterocycles. The lowest BCUT2D eigenvalue weighted by Crippen LogP contribution is -2.17. The minimum absolute atomic E-state index is 0.182. The van der Waals surface area contributed by atoms with Crippen molar-refractivity contribution in [2.24, 2.45) is 0 Å². The highest BCUT2D eigenvalue weighted by molar-refractivity contribution is 9.10. The second-order valence-electron chi connectivity index (χ2n) is 4.30. The molecule has 0 radical (unpaired) electrons. The molecule has 1 unspecified atom stereocenters. The topological polar surface area (TPSA) is 41.5 Å². The summed E-state index contributed by atoms with van der Waals surface area (Å²) >= 11 is 3.30. The lowest BCUT2D eigenvalue weighted by atomic mass is 10.2. The van der Waals surface area contributed by atoms with Gasteiger partial charge in [-0.25, -0.2) is 0 Å². The number of nitrogens with one attached hydrogen (secondary N) is 1. The Balaban J connectivity index is 2.48. The Labute approximate surface area is 120 Å². The fourth-order valence-corrected chi connectivity index (χ4v) is 2.05. The second kappa shape index (κ2) is 8.45. The Hall–Kier alpha value is -0.720. The standard InChI is InChI=1S/C13H18BrF2NO2/c1-9(18)3-2-6-17-8-10-7-11(14)4-5-12(10)19-13(15)16/h4-5,7,9,13,17-18H,2-3,6,8H2,1H3. The van der Waals surface area contributed by atoms with Gasteiger partial charge >= 0.3 is 6.61 Å². The first-order valence-electron chi connectivity index (χ1n) is 6.11. The largest absolute Gasteiger partial charge is 0.434 e. The van der Waals surface area contributed by atoms with Gasteiger partial charge in [-0.2, -0.15) is 8.78 Å². The van der Waals surface area contributed by atoms with Crippen LogP contribution in [0.5, 0.6) is 5.75 Å². The molecule has 1 aromatic rings. The van der Waals surface area contributed by atoms with Gasteiger partial charge in [-0.15, -0.1) is 0 Å². The van der Waals surface area contributed by atoms with Gasteiger partial charge in [0.2, 0.25) is 0 Å². The highest BCUT2D eigenvalue weighted by atomic mass is 79.9. The van der Waals surface area contributed by atoms with E-state index >= 15 is 0 Å². The van der Waals surface area contributed by atoms with Crippen LogP contribution in [0.2, 0.25) is 0 Å². The van der Waals surface area contributed by atoms with Gasteiger partial charge < -0.3 is 15.2 Å². The van der Waals surface area contributed by atoms with Crippen molar-refractivity contribution in [1.82, 2.24) is 5.32 Å². The molecule has 0 heterocycles. The summed E-state index contributed by atoms with van der Waals surface area (Å²) in [5.41, 5.74) is 0.673. The summed E-state index contributed by atoms with van der Waals surface area (Å²) in [6, 6.07) is 4.93.